The van der Waals surface area contributed by atoms with Gasteiger partial charge >= 0.3 is 0 Å². The molecule has 6 nitrogen and oxygen atoms in total. The molecule has 2 atom stereocenters. The number of nitrogens with one attached hydrogen (secondary N) is 2. The van der Waals surface area contributed by atoms with Gasteiger partial charge in [0.05, 0.1) is 6.10 Å². The van der Waals surface area contributed by atoms with Gasteiger partial charge < -0.3 is 25.2 Å². The Morgan fingerprint density at radius 2 is 2.14 bits per heavy atom. The molecule has 1 aromatic carbocycles. The molecule has 2 heterocycles. The predicted molar refractivity (Wildman–Crippen MR) is 76.4 cm³/mol. The third-order valence-electron chi connectivity index (χ3n) is 3.76. The smallest absolute Gasteiger partial charge is 0.220 e. The van der Waals surface area contributed by atoms with Gasteiger partial charge in [0.25, 0.3) is 0 Å². The molecule has 0 spiro atoms. The van der Waals surface area contributed by atoms with E-state index in [1.165, 1.54) is 0 Å². The van der Waals surface area contributed by atoms with E-state index in [0.29, 0.717) is 38.5 Å². The Hall–Kier alpha value is -1.79. The van der Waals surface area contributed by atoms with E-state index >= 15 is 0 Å². The first-order chi connectivity index (χ1) is 10.2. The zero-order chi connectivity index (χ0) is 14.7. The van der Waals surface area contributed by atoms with Crippen molar-refractivity contribution in [2.45, 2.75) is 25.0 Å². The van der Waals surface area contributed by atoms with Gasteiger partial charge in [-0.25, -0.2) is 0 Å². The second-order valence-electron chi connectivity index (χ2n) is 5.38. The van der Waals surface area contributed by atoms with Gasteiger partial charge in [0.2, 0.25) is 5.91 Å². The second-order valence-corrected chi connectivity index (χ2v) is 5.38. The average molecular weight is 292 g/mol. The number of ether oxygens (including phenoxy) is 2. The number of rotatable bonds is 5. The Morgan fingerprint density at radius 1 is 1.33 bits per heavy atom. The van der Waals surface area contributed by atoms with Crippen LogP contribution in [0.1, 0.15) is 24.5 Å². The number of carbonyl (C=O) groups is 1. The molecular formula is C15H20N2O4. The topological polar surface area (TPSA) is 79.8 Å². The summed E-state index contributed by atoms with van der Waals surface area (Å²) >= 11 is 0. The minimum atomic E-state index is -0.613. The van der Waals surface area contributed by atoms with Crippen LogP contribution in [0.4, 0.5) is 0 Å². The highest BCUT2D eigenvalue weighted by molar-refractivity contribution is 5.78. The molecule has 2 aliphatic rings. The molecule has 21 heavy (non-hydrogen) atoms. The molecule has 1 saturated heterocycles. The summed E-state index contributed by atoms with van der Waals surface area (Å²) in [7, 11) is 0. The quantitative estimate of drug-likeness (QED) is 0.730. The summed E-state index contributed by atoms with van der Waals surface area (Å²) in [5, 5.41) is 16.3. The molecule has 2 unspecified atom stereocenters. The van der Waals surface area contributed by atoms with E-state index in [1.807, 2.05) is 18.2 Å². The number of carbonyl (C=O) groups excluding carboxylic acids is 1. The van der Waals surface area contributed by atoms with Crippen LogP contribution < -0.4 is 20.1 Å². The van der Waals surface area contributed by atoms with E-state index in [0.717, 1.165) is 17.7 Å². The van der Waals surface area contributed by atoms with Crippen LogP contribution in [0.3, 0.4) is 0 Å². The molecule has 0 bridgehead atoms. The molecule has 114 valence electrons. The summed E-state index contributed by atoms with van der Waals surface area (Å²) < 4.78 is 11.0. The van der Waals surface area contributed by atoms with Crippen molar-refractivity contribution in [3.05, 3.63) is 23.8 Å². The van der Waals surface area contributed by atoms with Crippen LogP contribution in [0.25, 0.3) is 0 Å². The number of fused-ring (bicyclic) bond motifs is 1. The van der Waals surface area contributed by atoms with Crippen molar-refractivity contribution < 1.29 is 19.4 Å². The molecule has 3 N–H and O–H groups in total. The highest BCUT2D eigenvalue weighted by Crippen LogP contribution is 2.32. The molecular weight excluding hydrogens is 272 g/mol. The lowest BCUT2D eigenvalue weighted by molar-refractivity contribution is -0.119. The van der Waals surface area contributed by atoms with Crippen molar-refractivity contribution in [3.63, 3.8) is 0 Å². The normalized spacial score (nSPS) is 22.0. The Balaban J connectivity index is 1.50. The van der Waals surface area contributed by atoms with Gasteiger partial charge in [-0.2, -0.15) is 0 Å². The summed E-state index contributed by atoms with van der Waals surface area (Å²) in [4.78, 5) is 11.1. The van der Waals surface area contributed by atoms with Crippen LogP contribution in [0.5, 0.6) is 11.5 Å². The fourth-order valence-corrected chi connectivity index (χ4v) is 2.61. The maximum Gasteiger partial charge on any atom is 0.220 e. The lowest BCUT2D eigenvalue weighted by Gasteiger charge is -2.20. The van der Waals surface area contributed by atoms with Crippen LogP contribution in [0.2, 0.25) is 0 Å². The first-order valence-corrected chi connectivity index (χ1v) is 7.30. The van der Waals surface area contributed by atoms with Gasteiger partial charge in [0, 0.05) is 25.6 Å². The third kappa shape index (κ3) is 3.46. The largest absolute Gasteiger partial charge is 0.486 e. The number of aliphatic hydroxyl groups excluding tert-OH is 1. The van der Waals surface area contributed by atoms with E-state index < -0.39 is 6.10 Å². The Kier molecular flexibility index (Phi) is 4.26. The van der Waals surface area contributed by atoms with Gasteiger partial charge in [-0.05, 0) is 24.1 Å². The van der Waals surface area contributed by atoms with Gasteiger partial charge in [-0.3, -0.25) is 4.79 Å². The molecule has 0 aromatic heterocycles. The fourth-order valence-electron chi connectivity index (χ4n) is 2.61. The molecule has 3 rings (SSSR count). The van der Waals surface area contributed by atoms with Crippen molar-refractivity contribution in [2.75, 3.05) is 26.3 Å². The van der Waals surface area contributed by atoms with Crippen LogP contribution in [0.15, 0.2) is 18.2 Å². The van der Waals surface area contributed by atoms with Crippen LogP contribution >= 0.6 is 0 Å². The summed E-state index contributed by atoms with van der Waals surface area (Å²) in [6.07, 6.45) is 0.834. The number of benzene rings is 1. The standard InChI is InChI=1S/C15H20N2O4/c18-12(9-16-8-11-2-4-15(19)17-11)10-1-3-13-14(7-10)21-6-5-20-13/h1,3,7,11-12,16,18H,2,4-6,8-9H2,(H,17,19). The van der Waals surface area contributed by atoms with E-state index in [2.05, 4.69) is 10.6 Å². The van der Waals surface area contributed by atoms with Crippen molar-refractivity contribution in [3.8, 4) is 11.5 Å². The maximum absolute atomic E-state index is 11.1. The van der Waals surface area contributed by atoms with Gasteiger partial charge in [0.15, 0.2) is 11.5 Å². The summed E-state index contributed by atoms with van der Waals surface area (Å²) in [5.74, 6) is 1.51. The number of aliphatic hydroxyl groups is 1. The van der Waals surface area contributed by atoms with E-state index in [4.69, 9.17) is 9.47 Å². The van der Waals surface area contributed by atoms with Crippen molar-refractivity contribution in [2.24, 2.45) is 0 Å². The van der Waals surface area contributed by atoms with Gasteiger partial charge in [-0.15, -0.1) is 0 Å². The number of hydrogen-bond acceptors (Lipinski definition) is 5. The first-order valence-electron chi connectivity index (χ1n) is 7.30. The molecule has 1 fully saturated rings. The van der Waals surface area contributed by atoms with Crippen LogP contribution in [-0.4, -0.2) is 43.4 Å². The lowest BCUT2D eigenvalue weighted by Crippen LogP contribution is -2.37. The summed E-state index contributed by atoms with van der Waals surface area (Å²) in [5.41, 5.74) is 0.794. The van der Waals surface area contributed by atoms with Crippen LogP contribution in [-0.2, 0) is 4.79 Å². The lowest BCUT2D eigenvalue weighted by atomic mass is 10.1. The van der Waals surface area contributed by atoms with Crippen molar-refractivity contribution in [1.82, 2.24) is 10.6 Å². The second kappa shape index (κ2) is 6.32. The minimum absolute atomic E-state index is 0.106. The number of amides is 1. The molecule has 1 amide bonds. The van der Waals surface area contributed by atoms with E-state index in [9.17, 15) is 9.90 Å². The number of hydrogen-bond donors (Lipinski definition) is 3. The predicted octanol–water partition coefficient (Wildman–Crippen LogP) is 0.359. The molecule has 0 saturated carbocycles. The SMILES string of the molecule is O=C1CCC(CNCC(O)c2ccc3c(c2)OCCO3)N1. The van der Waals surface area contributed by atoms with Crippen molar-refractivity contribution >= 4 is 5.91 Å². The fraction of sp³-hybridized carbons (Fsp3) is 0.533. The van der Waals surface area contributed by atoms with E-state index in [-0.39, 0.29) is 11.9 Å². The highest BCUT2D eigenvalue weighted by atomic mass is 16.6. The van der Waals surface area contributed by atoms with Crippen LogP contribution in [0, 0.1) is 0 Å². The average Bonchev–Trinajstić information content (AvgIpc) is 2.92. The molecule has 6 heteroatoms. The van der Waals surface area contributed by atoms with Gasteiger partial charge in [-0.1, -0.05) is 6.07 Å². The third-order valence-corrected chi connectivity index (χ3v) is 3.76. The summed E-state index contributed by atoms with van der Waals surface area (Å²) in [6, 6.07) is 5.66. The minimum Gasteiger partial charge on any atom is -0.486 e. The zero-order valence-corrected chi connectivity index (χ0v) is 11.8. The monoisotopic (exact) mass is 292 g/mol. The Labute approximate surface area is 123 Å². The Bertz CT molecular complexity index is 520. The molecule has 2 aliphatic heterocycles. The first kappa shape index (κ1) is 14.2. The maximum atomic E-state index is 11.1. The zero-order valence-electron chi connectivity index (χ0n) is 11.8. The van der Waals surface area contributed by atoms with Crippen molar-refractivity contribution in [1.29, 1.82) is 0 Å². The van der Waals surface area contributed by atoms with Gasteiger partial charge in [0.1, 0.15) is 13.2 Å². The Morgan fingerprint density at radius 3 is 2.90 bits per heavy atom. The summed E-state index contributed by atoms with van der Waals surface area (Å²) in [6.45, 7) is 2.20. The molecule has 1 aromatic rings. The highest BCUT2D eigenvalue weighted by Gasteiger charge is 2.20. The molecule has 0 aliphatic carbocycles. The van der Waals surface area contributed by atoms with E-state index in [1.54, 1.807) is 0 Å². The molecule has 0 radical (unpaired) electrons.